The van der Waals surface area contributed by atoms with E-state index < -0.39 is 35.7 Å². The Morgan fingerprint density at radius 1 is 1.19 bits per heavy atom. The highest BCUT2D eigenvalue weighted by molar-refractivity contribution is 6.00. The van der Waals surface area contributed by atoms with Crippen molar-refractivity contribution in [1.82, 2.24) is 10.6 Å². The number of aliphatic hydroxyl groups is 1. The number of urea groups is 1. The van der Waals surface area contributed by atoms with Crippen LogP contribution in [0.15, 0.2) is 48.5 Å². The molecule has 31 heavy (non-hydrogen) atoms. The standard InChI is InChI=1S/C22H23F3N2O4/c1-3-11-31-16-6-4-5-15(12-16)18-17(19(28)14-9-7-13(2)8-10-14)21(30,22(23,24)25)27-20(29)26-18/h4-10,12,17-18,30H,3,11H2,1-2H3,(H2,26,27,29)/t17-,18-,21+/m0/s1. The summed E-state index contributed by atoms with van der Waals surface area (Å²) < 4.78 is 47.4. The van der Waals surface area contributed by atoms with Crippen LogP contribution in [0.4, 0.5) is 18.0 Å². The third-order valence-corrected chi connectivity index (χ3v) is 5.11. The number of nitrogens with one attached hydrogen (secondary N) is 2. The molecule has 0 unspecified atom stereocenters. The first kappa shape index (κ1) is 22.6. The topological polar surface area (TPSA) is 87.7 Å². The molecule has 2 amide bonds. The molecule has 0 spiro atoms. The molecule has 0 bridgehead atoms. The molecule has 2 aromatic rings. The Labute approximate surface area is 177 Å². The predicted molar refractivity (Wildman–Crippen MR) is 107 cm³/mol. The summed E-state index contributed by atoms with van der Waals surface area (Å²) in [5, 5.41) is 14.5. The summed E-state index contributed by atoms with van der Waals surface area (Å²) in [6.45, 7) is 4.06. The number of hydrogen-bond donors (Lipinski definition) is 3. The zero-order valence-electron chi connectivity index (χ0n) is 17.0. The lowest BCUT2D eigenvalue weighted by molar-refractivity contribution is -0.287. The molecule has 0 aromatic heterocycles. The maximum absolute atomic E-state index is 14.0. The second-order valence-corrected chi connectivity index (χ2v) is 7.47. The van der Waals surface area contributed by atoms with E-state index in [1.807, 2.05) is 6.92 Å². The van der Waals surface area contributed by atoms with Gasteiger partial charge in [0.1, 0.15) is 11.7 Å². The summed E-state index contributed by atoms with van der Waals surface area (Å²) >= 11 is 0. The minimum atomic E-state index is -5.30. The lowest BCUT2D eigenvalue weighted by Gasteiger charge is -2.45. The Bertz CT molecular complexity index is 962. The van der Waals surface area contributed by atoms with Gasteiger partial charge in [0.15, 0.2) is 5.78 Å². The highest BCUT2D eigenvalue weighted by atomic mass is 19.4. The van der Waals surface area contributed by atoms with Crippen molar-refractivity contribution in [3.63, 3.8) is 0 Å². The minimum Gasteiger partial charge on any atom is -0.494 e. The Hall–Kier alpha value is -3.07. The van der Waals surface area contributed by atoms with Crippen molar-refractivity contribution in [2.24, 2.45) is 5.92 Å². The molecule has 1 fully saturated rings. The SMILES string of the molecule is CCCOc1cccc([C@@H]2NC(=O)N[C@](O)(C(F)(F)F)[C@@H]2C(=O)c2ccc(C)cc2)c1. The van der Waals surface area contributed by atoms with Crippen molar-refractivity contribution in [2.75, 3.05) is 6.61 Å². The van der Waals surface area contributed by atoms with Gasteiger partial charge in [0, 0.05) is 5.56 Å². The van der Waals surface area contributed by atoms with Gasteiger partial charge in [-0.05, 0) is 31.0 Å². The highest BCUT2D eigenvalue weighted by Gasteiger charge is 2.66. The fourth-order valence-corrected chi connectivity index (χ4v) is 3.53. The molecular weight excluding hydrogens is 413 g/mol. The van der Waals surface area contributed by atoms with Crippen LogP contribution in [-0.2, 0) is 0 Å². The van der Waals surface area contributed by atoms with E-state index in [9.17, 15) is 27.9 Å². The van der Waals surface area contributed by atoms with Crippen LogP contribution >= 0.6 is 0 Å². The summed E-state index contributed by atoms with van der Waals surface area (Å²) in [5.74, 6) is -2.66. The minimum absolute atomic E-state index is 0.0142. The van der Waals surface area contributed by atoms with Crippen molar-refractivity contribution in [1.29, 1.82) is 0 Å². The van der Waals surface area contributed by atoms with Gasteiger partial charge in [-0.2, -0.15) is 13.2 Å². The Morgan fingerprint density at radius 3 is 2.48 bits per heavy atom. The number of carbonyl (C=O) groups excluding carboxylic acids is 2. The summed E-state index contributed by atoms with van der Waals surface area (Å²) in [5.41, 5.74) is -2.76. The van der Waals surface area contributed by atoms with Gasteiger partial charge in [-0.1, -0.05) is 48.9 Å². The summed E-state index contributed by atoms with van der Waals surface area (Å²) in [6, 6.07) is 9.37. The molecule has 3 rings (SSSR count). The maximum atomic E-state index is 14.0. The molecule has 166 valence electrons. The number of alkyl halides is 3. The molecule has 6 nitrogen and oxygen atoms in total. The number of aryl methyl sites for hydroxylation is 1. The number of Topliss-reactive ketones (excluding diaryl/α,β-unsaturated/α-hetero) is 1. The third-order valence-electron chi connectivity index (χ3n) is 5.11. The molecule has 3 atom stereocenters. The van der Waals surface area contributed by atoms with Gasteiger partial charge in [0.2, 0.25) is 5.72 Å². The normalized spacial score (nSPS) is 23.6. The van der Waals surface area contributed by atoms with E-state index >= 15 is 0 Å². The van der Waals surface area contributed by atoms with Crippen LogP contribution in [0.2, 0.25) is 0 Å². The van der Waals surface area contributed by atoms with Crippen molar-refractivity contribution in [3.8, 4) is 5.75 Å². The zero-order chi connectivity index (χ0) is 22.8. The number of carbonyl (C=O) groups is 2. The lowest BCUT2D eigenvalue weighted by atomic mass is 9.77. The Balaban J connectivity index is 2.11. The monoisotopic (exact) mass is 436 g/mol. The molecule has 0 radical (unpaired) electrons. The van der Waals surface area contributed by atoms with Crippen molar-refractivity contribution < 1.29 is 32.6 Å². The first-order valence-electron chi connectivity index (χ1n) is 9.78. The van der Waals surface area contributed by atoms with Crippen molar-refractivity contribution in [3.05, 3.63) is 65.2 Å². The van der Waals surface area contributed by atoms with Crippen LogP contribution in [0.5, 0.6) is 5.75 Å². The molecule has 9 heteroatoms. The van der Waals surface area contributed by atoms with E-state index in [0.717, 1.165) is 12.0 Å². The molecule has 0 aliphatic carbocycles. The van der Waals surface area contributed by atoms with Crippen molar-refractivity contribution in [2.45, 2.75) is 38.2 Å². The summed E-state index contributed by atoms with van der Waals surface area (Å²) in [4.78, 5) is 25.3. The average molecular weight is 436 g/mol. The lowest BCUT2D eigenvalue weighted by Crippen LogP contribution is -2.72. The Kier molecular flexibility index (Phi) is 6.26. The highest BCUT2D eigenvalue weighted by Crippen LogP contribution is 2.44. The number of halogens is 3. The van der Waals surface area contributed by atoms with Crippen molar-refractivity contribution >= 4 is 11.8 Å². The number of ether oxygens (including phenoxy) is 1. The van der Waals surface area contributed by atoms with Crippen LogP contribution in [0.3, 0.4) is 0 Å². The third kappa shape index (κ3) is 4.51. The van der Waals surface area contributed by atoms with Crippen LogP contribution in [0.25, 0.3) is 0 Å². The van der Waals surface area contributed by atoms with Crippen LogP contribution in [-0.4, -0.2) is 35.4 Å². The number of hydrogen-bond acceptors (Lipinski definition) is 4. The van der Waals surface area contributed by atoms with Gasteiger partial charge in [-0.25, -0.2) is 4.79 Å². The molecule has 1 aliphatic heterocycles. The fraction of sp³-hybridized carbons (Fsp3) is 0.364. The van der Waals surface area contributed by atoms with E-state index in [-0.39, 0.29) is 11.1 Å². The Morgan fingerprint density at radius 2 is 1.87 bits per heavy atom. The van der Waals surface area contributed by atoms with Crippen LogP contribution < -0.4 is 15.4 Å². The molecule has 1 aliphatic rings. The number of amides is 2. The maximum Gasteiger partial charge on any atom is 0.437 e. The van der Waals surface area contributed by atoms with Gasteiger partial charge in [-0.3, -0.25) is 4.79 Å². The molecule has 3 N–H and O–H groups in total. The van der Waals surface area contributed by atoms with E-state index in [4.69, 9.17) is 4.74 Å². The van der Waals surface area contributed by atoms with Crippen LogP contribution in [0.1, 0.15) is 40.9 Å². The molecule has 1 saturated heterocycles. The second kappa shape index (κ2) is 8.58. The average Bonchev–Trinajstić information content (AvgIpc) is 2.71. The van der Waals surface area contributed by atoms with E-state index in [0.29, 0.717) is 12.4 Å². The second-order valence-electron chi connectivity index (χ2n) is 7.47. The van der Waals surface area contributed by atoms with Gasteiger partial charge in [0.25, 0.3) is 0 Å². The van der Waals surface area contributed by atoms with Gasteiger partial charge < -0.3 is 20.5 Å². The molecular formula is C22H23F3N2O4. The fourth-order valence-electron chi connectivity index (χ4n) is 3.53. The smallest absolute Gasteiger partial charge is 0.437 e. The van der Waals surface area contributed by atoms with E-state index in [2.05, 4.69) is 5.32 Å². The predicted octanol–water partition coefficient (Wildman–Crippen LogP) is 3.89. The molecule has 0 saturated carbocycles. The quantitative estimate of drug-likeness (QED) is 0.600. The first-order valence-corrected chi connectivity index (χ1v) is 9.78. The number of rotatable bonds is 6. The summed E-state index contributed by atoms with van der Waals surface area (Å²) in [7, 11) is 0. The summed E-state index contributed by atoms with van der Waals surface area (Å²) in [6.07, 6.45) is -4.58. The van der Waals surface area contributed by atoms with Gasteiger partial charge in [-0.15, -0.1) is 0 Å². The van der Waals surface area contributed by atoms with Crippen LogP contribution in [0, 0.1) is 12.8 Å². The van der Waals surface area contributed by atoms with Gasteiger partial charge >= 0.3 is 12.2 Å². The number of ketones is 1. The van der Waals surface area contributed by atoms with E-state index in [1.54, 1.807) is 31.2 Å². The molecule has 1 heterocycles. The van der Waals surface area contributed by atoms with E-state index in [1.165, 1.54) is 29.6 Å². The zero-order valence-corrected chi connectivity index (χ0v) is 17.0. The number of benzene rings is 2. The molecule has 2 aromatic carbocycles. The first-order chi connectivity index (χ1) is 14.6. The largest absolute Gasteiger partial charge is 0.494 e. The van der Waals surface area contributed by atoms with Gasteiger partial charge in [0.05, 0.1) is 12.6 Å².